The van der Waals surface area contributed by atoms with E-state index >= 15 is 0 Å². The number of carbonyl (C=O) groups excluding carboxylic acids is 4. The van der Waals surface area contributed by atoms with Crippen LogP contribution in [0.1, 0.15) is 50.4 Å². The minimum Gasteiger partial charge on any atom is -0.466 e. The standard InChI is InChI=1S/C21H30N2O7/c1-4-28-19(25)12-11-18(21(27)29-5-2)23-20(26)16-7-9-17(10-8-16)22-13-6-14-30-15(3)24/h7-10,18,22H,4-6,11-14H2,1-3H3,(H,23,26)/t18-/m1/s1. The average molecular weight is 422 g/mol. The van der Waals surface area contributed by atoms with E-state index in [0.29, 0.717) is 25.1 Å². The van der Waals surface area contributed by atoms with E-state index in [2.05, 4.69) is 10.6 Å². The fourth-order valence-electron chi connectivity index (χ4n) is 2.49. The van der Waals surface area contributed by atoms with Crippen LogP contribution in [0.15, 0.2) is 24.3 Å². The Hall–Kier alpha value is -3.10. The molecule has 1 aromatic rings. The lowest BCUT2D eigenvalue weighted by atomic mass is 10.1. The first-order valence-electron chi connectivity index (χ1n) is 9.97. The lowest BCUT2D eigenvalue weighted by Crippen LogP contribution is -2.42. The number of hydrogen-bond acceptors (Lipinski definition) is 8. The van der Waals surface area contributed by atoms with Gasteiger partial charge in [0.1, 0.15) is 6.04 Å². The summed E-state index contributed by atoms with van der Waals surface area (Å²) in [6.45, 7) is 6.09. The van der Waals surface area contributed by atoms with Crippen LogP contribution < -0.4 is 10.6 Å². The maximum absolute atomic E-state index is 12.5. The van der Waals surface area contributed by atoms with Crippen molar-refractivity contribution in [2.45, 2.75) is 46.1 Å². The summed E-state index contributed by atoms with van der Waals surface area (Å²) >= 11 is 0. The molecule has 0 spiro atoms. The van der Waals surface area contributed by atoms with Crippen LogP contribution >= 0.6 is 0 Å². The summed E-state index contributed by atoms with van der Waals surface area (Å²) < 4.78 is 14.7. The Bertz CT molecular complexity index is 704. The second kappa shape index (κ2) is 14.0. The molecule has 9 nitrogen and oxygen atoms in total. The van der Waals surface area contributed by atoms with Gasteiger partial charge in [-0.25, -0.2) is 4.79 Å². The monoisotopic (exact) mass is 422 g/mol. The summed E-state index contributed by atoms with van der Waals surface area (Å²) in [5.41, 5.74) is 1.17. The van der Waals surface area contributed by atoms with Crippen molar-refractivity contribution in [3.63, 3.8) is 0 Å². The molecule has 30 heavy (non-hydrogen) atoms. The Balaban J connectivity index is 2.59. The molecule has 1 aromatic carbocycles. The number of benzene rings is 1. The van der Waals surface area contributed by atoms with Gasteiger partial charge in [0.2, 0.25) is 0 Å². The van der Waals surface area contributed by atoms with Gasteiger partial charge in [-0.2, -0.15) is 0 Å². The fraction of sp³-hybridized carbons (Fsp3) is 0.524. The molecule has 1 atom stereocenters. The number of esters is 3. The predicted octanol–water partition coefficient (Wildman–Crippen LogP) is 2.06. The third-order valence-electron chi connectivity index (χ3n) is 3.92. The molecule has 0 unspecified atom stereocenters. The topological polar surface area (TPSA) is 120 Å². The van der Waals surface area contributed by atoms with Gasteiger partial charge < -0.3 is 24.8 Å². The molecule has 0 radical (unpaired) electrons. The molecule has 0 saturated carbocycles. The fourth-order valence-corrected chi connectivity index (χ4v) is 2.49. The van der Waals surface area contributed by atoms with Crippen molar-refractivity contribution in [1.29, 1.82) is 0 Å². The van der Waals surface area contributed by atoms with Crippen molar-refractivity contribution in [2.24, 2.45) is 0 Å². The zero-order valence-electron chi connectivity index (χ0n) is 17.7. The Kier molecular flexibility index (Phi) is 11.6. The van der Waals surface area contributed by atoms with Crippen LogP contribution in [0, 0.1) is 0 Å². The van der Waals surface area contributed by atoms with Crippen molar-refractivity contribution in [2.75, 3.05) is 31.7 Å². The number of ether oxygens (including phenoxy) is 3. The largest absolute Gasteiger partial charge is 0.466 e. The minimum absolute atomic E-state index is 0.00615. The van der Waals surface area contributed by atoms with E-state index < -0.39 is 23.9 Å². The van der Waals surface area contributed by atoms with Gasteiger partial charge in [0, 0.05) is 31.1 Å². The van der Waals surface area contributed by atoms with E-state index in [-0.39, 0.29) is 32.0 Å². The number of anilines is 1. The molecule has 1 rings (SSSR count). The van der Waals surface area contributed by atoms with Gasteiger partial charge in [0.15, 0.2) is 0 Å². The molecule has 166 valence electrons. The SMILES string of the molecule is CCOC(=O)CC[C@@H](NC(=O)c1ccc(NCCCOC(C)=O)cc1)C(=O)OCC. The normalized spacial score (nSPS) is 11.2. The van der Waals surface area contributed by atoms with Gasteiger partial charge in [0.05, 0.1) is 19.8 Å². The number of carbonyl (C=O) groups is 4. The van der Waals surface area contributed by atoms with Crippen molar-refractivity contribution < 1.29 is 33.4 Å². The molecule has 0 aliphatic carbocycles. The van der Waals surface area contributed by atoms with Gasteiger partial charge in [-0.05, 0) is 51.0 Å². The summed E-state index contributed by atoms with van der Waals surface area (Å²) in [7, 11) is 0. The zero-order valence-corrected chi connectivity index (χ0v) is 17.7. The van der Waals surface area contributed by atoms with Gasteiger partial charge in [-0.1, -0.05) is 0 Å². The van der Waals surface area contributed by atoms with Crippen molar-refractivity contribution in [3.8, 4) is 0 Å². The highest BCUT2D eigenvalue weighted by molar-refractivity contribution is 5.97. The first kappa shape index (κ1) is 24.9. The van der Waals surface area contributed by atoms with Gasteiger partial charge in [-0.15, -0.1) is 0 Å². The van der Waals surface area contributed by atoms with Gasteiger partial charge >= 0.3 is 17.9 Å². The van der Waals surface area contributed by atoms with E-state index in [1.165, 1.54) is 6.92 Å². The average Bonchev–Trinajstić information content (AvgIpc) is 2.71. The maximum atomic E-state index is 12.5. The highest BCUT2D eigenvalue weighted by atomic mass is 16.5. The van der Waals surface area contributed by atoms with Crippen molar-refractivity contribution in [1.82, 2.24) is 5.32 Å². The Labute approximate surface area is 176 Å². The van der Waals surface area contributed by atoms with E-state index in [4.69, 9.17) is 14.2 Å². The number of nitrogens with one attached hydrogen (secondary N) is 2. The second-order valence-electron chi connectivity index (χ2n) is 6.32. The second-order valence-corrected chi connectivity index (χ2v) is 6.32. The van der Waals surface area contributed by atoms with E-state index in [0.717, 1.165) is 5.69 Å². The van der Waals surface area contributed by atoms with Gasteiger partial charge in [0.25, 0.3) is 5.91 Å². The lowest BCUT2D eigenvalue weighted by molar-refractivity contribution is -0.147. The molecule has 1 amide bonds. The van der Waals surface area contributed by atoms with E-state index in [1.807, 2.05) is 0 Å². The Morgan fingerprint density at radius 3 is 2.23 bits per heavy atom. The van der Waals surface area contributed by atoms with Crippen LogP contribution in [0.5, 0.6) is 0 Å². The molecular formula is C21H30N2O7. The number of amides is 1. The Morgan fingerprint density at radius 2 is 1.63 bits per heavy atom. The van der Waals surface area contributed by atoms with Crippen molar-refractivity contribution >= 4 is 29.5 Å². The van der Waals surface area contributed by atoms with Crippen LogP contribution in [0.2, 0.25) is 0 Å². The molecule has 0 aliphatic heterocycles. The quantitative estimate of drug-likeness (QED) is 0.282. The van der Waals surface area contributed by atoms with E-state index in [1.54, 1.807) is 38.1 Å². The van der Waals surface area contributed by atoms with E-state index in [9.17, 15) is 19.2 Å². The summed E-state index contributed by atoms with van der Waals surface area (Å²) in [5, 5.41) is 5.77. The number of hydrogen-bond donors (Lipinski definition) is 2. The molecule has 0 aliphatic rings. The summed E-state index contributed by atoms with van der Waals surface area (Å²) in [6, 6.07) is 5.77. The highest BCUT2D eigenvalue weighted by Crippen LogP contribution is 2.11. The van der Waals surface area contributed by atoms with Gasteiger partial charge in [-0.3, -0.25) is 14.4 Å². The Morgan fingerprint density at radius 1 is 0.967 bits per heavy atom. The van der Waals surface area contributed by atoms with Crippen LogP contribution in [0.25, 0.3) is 0 Å². The molecule has 0 bridgehead atoms. The van der Waals surface area contributed by atoms with Crippen LogP contribution in [0.3, 0.4) is 0 Å². The van der Waals surface area contributed by atoms with Crippen molar-refractivity contribution in [3.05, 3.63) is 29.8 Å². The third-order valence-corrected chi connectivity index (χ3v) is 3.92. The summed E-state index contributed by atoms with van der Waals surface area (Å²) in [6.07, 6.45) is 0.739. The van der Waals surface area contributed by atoms with Crippen LogP contribution in [-0.4, -0.2) is 56.2 Å². The molecule has 0 aromatic heterocycles. The molecule has 9 heteroatoms. The third kappa shape index (κ3) is 9.90. The molecule has 0 fully saturated rings. The zero-order chi connectivity index (χ0) is 22.4. The smallest absolute Gasteiger partial charge is 0.328 e. The first-order valence-corrected chi connectivity index (χ1v) is 9.97. The lowest BCUT2D eigenvalue weighted by Gasteiger charge is -2.17. The molecule has 2 N–H and O–H groups in total. The van der Waals surface area contributed by atoms with Crippen LogP contribution in [-0.2, 0) is 28.6 Å². The number of rotatable bonds is 13. The summed E-state index contributed by atoms with van der Waals surface area (Å²) in [5.74, 6) is -1.79. The molecular weight excluding hydrogens is 392 g/mol. The minimum atomic E-state index is -0.944. The molecule has 0 saturated heterocycles. The first-order chi connectivity index (χ1) is 14.4. The highest BCUT2D eigenvalue weighted by Gasteiger charge is 2.24. The maximum Gasteiger partial charge on any atom is 0.328 e. The van der Waals surface area contributed by atoms with Crippen LogP contribution in [0.4, 0.5) is 5.69 Å². The predicted molar refractivity (Wildman–Crippen MR) is 110 cm³/mol. The summed E-state index contributed by atoms with van der Waals surface area (Å²) in [4.78, 5) is 46.9. The molecule has 0 heterocycles.